The van der Waals surface area contributed by atoms with E-state index < -0.39 is 0 Å². The van der Waals surface area contributed by atoms with E-state index in [0.29, 0.717) is 0 Å². The highest BCUT2D eigenvalue weighted by atomic mass is 16.5. The van der Waals surface area contributed by atoms with Crippen molar-refractivity contribution in [1.29, 1.82) is 0 Å². The molecule has 1 saturated heterocycles. The molecule has 25 heavy (non-hydrogen) atoms. The summed E-state index contributed by atoms with van der Waals surface area (Å²) in [4.78, 5) is 15.0. The van der Waals surface area contributed by atoms with E-state index in [2.05, 4.69) is 30.1 Å². The van der Waals surface area contributed by atoms with Crippen LogP contribution in [-0.4, -0.2) is 37.1 Å². The molecule has 3 aliphatic rings. The van der Waals surface area contributed by atoms with Gasteiger partial charge in [0.25, 0.3) is 0 Å². The Morgan fingerprint density at radius 2 is 1.80 bits per heavy atom. The summed E-state index contributed by atoms with van der Waals surface area (Å²) in [7, 11) is 2.13. The fourth-order valence-corrected chi connectivity index (χ4v) is 4.92. The summed E-state index contributed by atoms with van der Waals surface area (Å²) in [6.45, 7) is 2.06. The first-order valence-electron chi connectivity index (χ1n) is 10.2. The van der Waals surface area contributed by atoms with Crippen LogP contribution < -0.4 is 0 Å². The van der Waals surface area contributed by atoms with Crippen LogP contribution in [0, 0.1) is 0 Å². The lowest BCUT2D eigenvalue weighted by atomic mass is 9.83. The van der Waals surface area contributed by atoms with Crippen LogP contribution in [0.1, 0.15) is 79.9 Å². The predicted octanol–water partition coefficient (Wildman–Crippen LogP) is 4.40. The van der Waals surface area contributed by atoms with Crippen molar-refractivity contribution >= 4 is 5.97 Å². The minimum Gasteiger partial charge on any atom is -0.462 e. The quantitative estimate of drug-likeness (QED) is 0.763. The molecular weight excluding hydrogens is 310 g/mol. The van der Waals surface area contributed by atoms with Crippen LogP contribution in [0.5, 0.6) is 0 Å². The van der Waals surface area contributed by atoms with E-state index >= 15 is 0 Å². The molecular formula is C22H31NO2. The summed E-state index contributed by atoms with van der Waals surface area (Å²) in [5, 5.41) is 0. The molecule has 0 bridgehead atoms. The molecule has 0 N–H and O–H groups in total. The maximum atomic E-state index is 12.7. The van der Waals surface area contributed by atoms with E-state index in [-0.39, 0.29) is 18.0 Å². The van der Waals surface area contributed by atoms with Gasteiger partial charge in [-0.05, 0) is 68.2 Å². The molecule has 1 heterocycles. The Bertz CT molecular complexity index is 612. The van der Waals surface area contributed by atoms with Crippen molar-refractivity contribution in [2.45, 2.75) is 75.7 Å². The number of carbonyl (C=O) groups is 1. The minimum absolute atomic E-state index is 0.0127. The summed E-state index contributed by atoms with van der Waals surface area (Å²) in [5.74, 6) is 0.720. The molecule has 0 radical (unpaired) electrons. The van der Waals surface area contributed by atoms with Crippen LogP contribution in [0.15, 0.2) is 18.2 Å². The fraction of sp³-hybridized carbons (Fsp3) is 0.682. The standard InChI is InChI=1S/C22H31NO2/c1-23-13-11-19(12-14-23)25-22(24)21-10-8-18-15-17(7-9-20(18)21)16-5-3-2-4-6-16/h7,9,15-16,19,21H,2-6,8,10-14H2,1H3/t21-/m0/s1. The van der Waals surface area contributed by atoms with E-state index in [9.17, 15) is 4.79 Å². The Hall–Kier alpha value is -1.35. The Morgan fingerprint density at radius 1 is 1.04 bits per heavy atom. The van der Waals surface area contributed by atoms with Gasteiger partial charge in [-0.15, -0.1) is 0 Å². The first kappa shape index (κ1) is 17.1. The average molecular weight is 341 g/mol. The van der Waals surface area contributed by atoms with E-state index in [1.165, 1.54) is 48.8 Å². The molecule has 1 aromatic carbocycles. The Labute approximate surface area is 151 Å². The van der Waals surface area contributed by atoms with Gasteiger partial charge < -0.3 is 9.64 Å². The zero-order valence-electron chi connectivity index (χ0n) is 15.5. The highest BCUT2D eigenvalue weighted by Gasteiger charge is 2.32. The van der Waals surface area contributed by atoms with E-state index in [0.717, 1.165) is 44.7 Å². The highest BCUT2D eigenvalue weighted by Crippen LogP contribution is 2.39. The van der Waals surface area contributed by atoms with Crippen LogP contribution in [0.25, 0.3) is 0 Å². The molecule has 3 heteroatoms. The lowest BCUT2D eigenvalue weighted by Crippen LogP contribution is -2.36. The molecule has 136 valence electrons. The van der Waals surface area contributed by atoms with Gasteiger partial charge in [0, 0.05) is 13.1 Å². The van der Waals surface area contributed by atoms with Crippen molar-refractivity contribution in [3.05, 3.63) is 34.9 Å². The van der Waals surface area contributed by atoms with Crippen molar-refractivity contribution in [3.63, 3.8) is 0 Å². The van der Waals surface area contributed by atoms with Crippen LogP contribution in [0.2, 0.25) is 0 Å². The van der Waals surface area contributed by atoms with Crippen molar-refractivity contribution in [2.24, 2.45) is 0 Å². The summed E-state index contributed by atoms with van der Waals surface area (Å²) >= 11 is 0. The molecule has 3 nitrogen and oxygen atoms in total. The number of nitrogens with zero attached hydrogens (tertiary/aromatic N) is 1. The van der Waals surface area contributed by atoms with Crippen LogP contribution >= 0.6 is 0 Å². The zero-order chi connectivity index (χ0) is 17.2. The number of benzene rings is 1. The summed E-state index contributed by atoms with van der Waals surface area (Å²) in [5.41, 5.74) is 4.13. The van der Waals surface area contributed by atoms with Gasteiger partial charge in [-0.25, -0.2) is 0 Å². The normalized spacial score (nSPS) is 25.7. The third kappa shape index (κ3) is 3.76. The minimum atomic E-state index is -0.0324. The summed E-state index contributed by atoms with van der Waals surface area (Å²) in [6.07, 6.45) is 10.8. The van der Waals surface area contributed by atoms with Gasteiger partial charge in [-0.3, -0.25) is 4.79 Å². The van der Waals surface area contributed by atoms with Crippen LogP contribution in [0.4, 0.5) is 0 Å². The van der Waals surface area contributed by atoms with E-state index in [4.69, 9.17) is 4.74 Å². The van der Waals surface area contributed by atoms with Gasteiger partial charge in [0.1, 0.15) is 6.10 Å². The van der Waals surface area contributed by atoms with Gasteiger partial charge in [0.15, 0.2) is 0 Å². The van der Waals surface area contributed by atoms with Crippen molar-refractivity contribution in [2.75, 3.05) is 20.1 Å². The first-order chi connectivity index (χ1) is 12.2. The molecule has 0 amide bonds. The number of rotatable bonds is 3. The summed E-state index contributed by atoms with van der Waals surface area (Å²) < 4.78 is 5.86. The molecule has 1 atom stereocenters. The number of esters is 1. The molecule has 2 aliphatic carbocycles. The number of carbonyl (C=O) groups excluding carboxylic acids is 1. The molecule has 0 spiro atoms. The number of aryl methyl sites for hydroxylation is 1. The summed E-state index contributed by atoms with van der Waals surface area (Å²) in [6, 6.07) is 6.91. The molecule has 0 aromatic heterocycles. The number of hydrogen-bond acceptors (Lipinski definition) is 3. The maximum absolute atomic E-state index is 12.7. The number of hydrogen-bond donors (Lipinski definition) is 0. The van der Waals surface area contributed by atoms with Crippen LogP contribution in [-0.2, 0) is 16.0 Å². The topological polar surface area (TPSA) is 29.5 Å². The van der Waals surface area contributed by atoms with E-state index in [1.54, 1.807) is 0 Å². The van der Waals surface area contributed by atoms with Gasteiger partial charge >= 0.3 is 5.97 Å². The Morgan fingerprint density at radius 3 is 2.56 bits per heavy atom. The third-order valence-corrected chi connectivity index (χ3v) is 6.55. The molecule has 1 aliphatic heterocycles. The van der Waals surface area contributed by atoms with Gasteiger partial charge in [-0.2, -0.15) is 0 Å². The third-order valence-electron chi connectivity index (χ3n) is 6.55. The SMILES string of the molecule is CN1CCC(OC(=O)[C@H]2CCc3cc(C4CCCCC4)ccc32)CC1. The first-order valence-corrected chi connectivity index (χ1v) is 10.2. The predicted molar refractivity (Wildman–Crippen MR) is 99.9 cm³/mol. The van der Waals surface area contributed by atoms with Crippen molar-refractivity contribution < 1.29 is 9.53 Å². The lowest BCUT2D eigenvalue weighted by molar-refractivity contribution is -0.152. The van der Waals surface area contributed by atoms with Gasteiger partial charge in [-0.1, -0.05) is 37.5 Å². The second-order valence-corrected chi connectivity index (χ2v) is 8.32. The number of piperidine rings is 1. The van der Waals surface area contributed by atoms with Crippen molar-refractivity contribution in [3.8, 4) is 0 Å². The van der Waals surface area contributed by atoms with E-state index in [1.807, 2.05) is 0 Å². The Balaban J connectivity index is 1.41. The second kappa shape index (κ2) is 7.49. The maximum Gasteiger partial charge on any atom is 0.313 e. The lowest BCUT2D eigenvalue weighted by Gasteiger charge is -2.29. The van der Waals surface area contributed by atoms with Gasteiger partial charge in [0.2, 0.25) is 0 Å². The zero-order valence-corrected chi connectivity index (χ0v) is 15.5. The molecule has 2 fully saturated rings. The largest absolute Gasteiger partial charge is 0.462 e. The smallest absolute Gasteiger partial charge is 0.313 e. The monoisotopic (exact) mass is 341 g/mol. The van der Waals surface area contributed by atoms with Gasteiger partial charge in [0.05, 0.1) is 5.92 Å². The molecule has 1 aromatic rings. The Kier molecular flexibility index (Phi) is 5.12. The number of fused-ring (bicyclic) bond motifs is 1. The number of likely N-dealkylation sites (tertiary alicyclic amines) is 1. The average Bonchev–Trinajstić information content (AvgIpc) is 3.07. The molecule has 4 rings (SSSR count). The second-order valence-electron chi connectivity index (χ2n) is 8.32. The fourth-order valence-electron chi connectivity index (χ4n) is 4.92. The van der Waals surface area contributed by atoms with Crippen molar-refractivity contribution in [1.82, 2.24) is 4.90 Å². The molecule has 0 unspecified atom stereocenters. The molecule has 1 saturated carbocycles. The van der Waals surface area contributed by atoms with Crippen LogP contribution in [0.3, 0.4) is 0 Å². The highest BCUT2D eigenvalue weighted by molar-refractivity contribution is 5.80. The number of ether oxygens (including phenoxy) is 1.